The number of benzene rings is 1. The van der Waals surface area contributed by atoms with Gasteiger partial charge in [0.25, 0.3) is 5.91 Å². The first-order chi connectivity index (χ1) is 9.93. The van der Waals surface area contributed by atoms with Crippen molar-refractivity contribution in [2.75, 3.05) is 13.2 Å². The molecule has 0 spiro atoms. The Bertz CT molecular complexity index is 569. The van der Waals surface area contributed by atoms with Gasteiger partial charge in [0.05, 0.1) is 11.6 Å². The molecule has 1 aromatic carbocycles. The summed E-state index contributed by atoms with van der Waals surface area (Å²) in [5.74, 6) is 1.34. The largest absolute Gasteiger partial charge is 0.477 e. The normalized spacial score (nSPS) is 11.1. The third kappa shape index (κ3) is 5.94. The molecule has 0 saturated heterocycles. The number of carbonyl (C=O) groups is 2. The second-order valence-corrected chi connectivity index (χ2v) is 4.77. The van der Waals surface area contributed by atoms with E-state index in [-0.39, 0.29) is 11.6 Å². The van der Waals surface area contributed by atoms with Crippen molar-refractivity contribution < 1.29 is 19.1 Å². The van der Waals surface area contributed by atoms with E-state index < -0.39 is 24.6 Å². The van der Waals surface area contributed by atoms with Crippen LogP contribution in [-0.2, 0) is 14.3 Å². The van der Waals surface area contributed by atoms with E-state index in [4.69, 9.17) is 39.1 Å². The van der Waals surface area contributed by atoms with Crippen molar-refractivity contribution in [2.24, 2.45) is 0 Å². The minimum Gasteiger partial charge on any atom is -0.477 e. The van der Waals surface area contributed by atoms with Crippen LogP contribution in [0, 0.1) is 12.3 Å². The molecule has 0 heterocycles. The molecule has 1 amide bonds. The molecule has 1 aromatic rings. The van der Waals surface area contributed by atoms with Crippen molar-refractivity contribution in [3.8, 4) is 18.1 Å². The van der Waals surface area contributed by atoms with Crippen LogP contribution in [0.5, 0.6) is 5.75 Å². The zero-order valence-electron chi connectivity index (χ0n) is 11.2. The molecule has 0 aliphatic heterocycles. The molecule has 0 bridgehead atoms. The van der Waals surface area contributed by atoms with E-state index in [1.54, 1.807) is 6.07 Å². The first kappa shape index (κ1) is 17.2. The Kier molecular flexibility index (Phi) is 6.86. The van der Waals surface area contributed by atoms with Crippen LogP contribution in [0.15, 0.2) is 18.2 Å². The minimum atomic E-state index is -0.927. The highest BCUT2D eigenvalue weighted by molar-refractivity contribution is 6.35. The molecule has 0 aliphatic carbocycles. The van der Waals surface area contributed by atoms with Crippen molar-refractivity contribution in [3.05, 3.63) is 28.2 Å². The summed E-state index contributed by atoms with van der Waals surface area (Å²) in [6.07, 6.45) is 4.05. The summed E-state index contributed by atoms with van der Waals surface area (Å²) in [6.45, 7) is 1.12. The molecule has 0 unspecified atom stereocenters. The fourth-order valence-electron chi connectivity index (χ4n) is 1.26. The van der Waals surface area contributed by atoms with E-state index in [1.165, 1.54) is 19.1 Å². The van der Waals surface area contributed by atoms with E-state index in [1.807, 2.05) is 0 Å². The Morgan fingerprint density at radius 3 is 2.76 bits per heavy atom. The molecule has 5 nitrogen and oxygen atoms in total. The summed E-state index contributed by atoms with van der Waals surface area (Å²) < 4.78 is 10.1. The molecule has 7 heteroatoms. The number of nitrogens with one attached hydrogen (secondary N) is 1. The van der Waals surface area contributed by atoms with Crippen LogP contribution in [0.3, 0.4) is 0 Å². The zero-order valence-corrected chi connectivity index (χ0v) is 12.7. The van der Waals surface area contributed by atoms with Gasteiger partial charge in [-0.2, -0.15) is 0 Å². The van der Waals surface area contributed by atoms with E-state index in [0.717, 1.165) is 0 Å². The molecule has 0 aromatic heterocycles. The van der Waals surface area contributed by atoms with Gasteiger partial charge in [0.15, 0.2) is 12.7 Å². The van der Waals surface area contributed by atoms with Gasteiger partial charge in [-0.25, -0.2) is 4.79 Å². The van der Waals surface area contributed by atoms with Gasteiger partial charge < -0.3 is 14.8 Å². The molecule has 0 saturated carbocycles. The molecule has 1 N–H and O–H groups in total. The highest BCUT2D eigenvalue weighted by atomic mass is 35.5. The second-order valence-electron chi connectivity index (χ2n) is 3.92. The number of halogens is 2. The molecular weight excluding hydrogens is 317 g/mol. The third-order valence-corrected chi connectivity index (χ3v) is 2.79. The average Bonchev–Trinajstić information content (AvgIpc) is 2.45. The Hall–Kier alpha value is -1.90. The van der Waals surface area contributed by atoms with Crippen LogP contribution in [0.25, 0.3) is 0 Å². The van der Waals surface area contributed by atoms with Gasteiger partial charge in [0.1, 0.15) is 5.75 Å². The van der Waals surface area contributed by atoms with Gasteiger partial charge in [0.2, 0.25) is 0 Å². The predicted molar refractivity (Wildman–Crippen MR) is 79.4 cm³/mol. The van der Waals surface area contributed by atoms with Crippen molar-refractivity contribution in [1.82, 2.24) is 5.32 Å². The Morgan fingerprint density at radius 2 is 2.14 bits per heavy atom. The summed E-state index contributed by atoms with van der Waals surface area (Å²) in [6, 6.07) is 4.60. The number of terminal acetylenes is 1. The smallest absolute Gasteiger partial charge is 0.347 e. The quantitative estimate of drug-likeness (QED) is 0.640. The lowest BCUT2D eigenvalue weighted by Gasteiger charge is -2.14. The monoisotopic (exact) mass is 329 g/mol. The molecule has 0 aliphatic rings. The number of hydrogen-bond donors (Lipinski definition) is 1. The van der Waals surface area contributed by atoms with Gasteiger partial charge in [-0.15, -0.1) is 6.42 Å². The van der Waals surface area contributed by atoms with E-state index >= 15 is 0 Å². The first-order valence-corrected chi connectivity index (χ1v) is 6.68. The summed E-state index contributed by atoms with van der Waals surface area (Å²) in [5, 5.41) is 3.09. The van der Waals surface area contributed by atoms with Crippen molar-refractivity contribution in [3.63, 3.8) is 0 Å². The maximum Gasteiger partial charge on any atom is 0.347 e. The summed E-state index contributed by atoms with van der Waals surface area (Å²) in [4.78, 5) is 22.9. The molecular formula is C14H13Cl2NO4. The Balaban J connectivity index is 2.48. The van der Waals surface area contributed by atoms with Crippen LogP contribution >= 0.6 is 23.2 Å². The summed E-state index contributed by atoms with van der Waals surface area (Å²) in [7, 11) is 0. The maximum absolute atomic E-state index is 11.7. The SMILES string of the molecule is C#CCNC(=O)COC(=O)[C@H](C)Oc1ccc(Cl)cc1Cl. The van der Waals surface area contributed by atoms with E-state index in [0.29, 0.717) is 10.8 Å². The van der Waals surface area contributed by atoms with Crippen molar-refractivity contribution in [2.45, 2.75) is 13.0 Å². The molecule has 1 atom stereocenters. The van der Waals surface area contributed by atoms with Crippen LogP contribution in [0.4, 0.5) is 0 Å². The summed E-state index contributed by atoms with van der Waals surface area (Å²) >= 11 is 11.7. The topological polar surface area (TPSA) is 64.6 Å². The Labute approximate surface area is 132 Å². The van der Waals surface area contributed by atoms with Gasteiger partial charge in [0, 0.05) is 5.02 Å². The molecule has 1 rings (SSSR count). The third-order valence-electron chi connectivity index (χ3n) is 2.26. The van der Waals surface area contributed by atoms with Gasteiger partial charge in [-0.05, 0) is 25.1 Å². The van der Waals surface area contributed by atoms with Gasteiger partial charge in [-0.3, -0.25) is 4.79 Å². The fraction of sp³-hybridized carbons (Fsp3) is 0.286. The van der Waals surface area contributed by atoms with Crippen molar-refractivity contribution in [1.29, 1.82) is 0 Å². The Morgan fingerprint density at radius 1 is 1.43 bits per heavy atom. The van der Waals surface area contributed by atoms with E-state index in [2.05, 4.69) is 11.2 Å². The lowest BCUT2D eigenvalue weighted by atomic mass is 10.3. The number of carbonyl (C=O) groups excluding carboxylic acids is 2. The van der Waals surface area contributed by atoms with E-state index in [9.17, 15) is 9.59 Å². The molecule has 0 radical (unpaired) electrons. The number of rotatable bonds is 6. The minimum absolute atomic E-state index is 0.0722. The highest BCUT2D eigenvalue weighted by Crippen LogP contribution is 2.28. The van der Waals surface area contributed by atoms with Crippen molar-refractivity contribution >= 4 is 35.1 Å². The van der Waals surface area contributed by atoms with Crippen LogP contribution < -0.4 is 10.1 Å². The van der Waals surface area contributed by atoms with Gasteiger partial charge in [-0.1, -0.05) is 29.1 Å². The molecule has 0 fully saturated rings. The van der Waals surface area contributed by atoms with Gasteiger partial charge >= 0.3 is 5.97 Å². The second kappa shape index (κ2) is 8.40. The first-order valence-electron chi connectivity index (χ1n) is 5.92. The van der Waals surface area contributed by atoms with Crippen LogP contribution in [0.1, 0.15) is 6.92 Å². The number of ether oxygens (including phenoxy) is 2. The number of hydrogen-bond acceptors (Lipinski definition) is 4. The lowest BCUT2D eigenvalue weighted by molar-refractivity contribution is -0.154. The number of esters is 1. The molecule has 21 heavy (non-hydrogen) atoms. The number of amides is 1. The standard InChI is InChI=1S/C14H13Cl2NO4/c1-3-6-17-13(18)8-20-14(19)9(2)21-12-5-4-10(15)7-11(12)16/h1,4-5,7,9H,6,8H2,2H3,(H,17,18)/t9-/m0/s1. The van der Waals surface area contributed by atoms with Crippen LogP contribution in [0.2, 0.25) is 10.0 Å². The lowest BCUT2D eigenvalue weighted by Crippen LogP contribution is -2.33. The maximum atomic E-state index is 11.7. The predicted octanol–water partition coefficient (Wildman–Crippen LogP) is 2.05. The molecule has 112 valence electrons. The zero-order chi connectivity index (χ0) is 15.8. The average molecular weight is 330 g/mol. The highest BCUT2D eigenvalue weighted by Gasteiger charge is 2.18. The fourth-order valence-corrected chi connectivity index (χ4v) is 1.72. The van der Waals surface area contributed by atoms with Crippen LogP contribution in [-0.4, -0.2) is 31.1 Å². The summed E-state index contributed by atoms with van der Waals surface area (Å²) in [5.41, 5.74) is 0.